The van der Waals surface area contributed by atoms with Gasteiger partial charge >= 0.3 is 0 Å². The lowest BCUT2D eigenvalue weighted by Gasteiger charge is -2.16. The molecule has 0 atom stereocenters. The molecule has 31 heavy (non-hydrogen) atoms. The maximum absolute atomic E-state index is 11.0. The number of nitro benzene ring substituents is 1. The van der Waals surface area contributed by atoms with Gasteiger partial charge in [-0.15, -0.1) is 0 Å². The average Bonchev–Trinajstić information content (AvgIpc) is 3.29. The van der Waals surface area contributed by atoms with Gasteiger partial charge in [0.15, 0.2) is 5.82 Å². The number of nitrogens with zero attached hydrogens (tertiary/aromatic N) is 5. The highest BCUT2D eigenvalue weighted by Gasteiger charge is 2.14. The maximum atomic E-state index is 11.0. The predicted molar refractivity (Wildman–Crippen MR) is 118 cm³/mol. The number of nitro groups is 1. The van der Waals surface area contributed by atoms with Crippen LogP contribution in [0.4, 0.5) is 17.3 Å². The fourth-order valence-corrected chi connectivity index (χ4v) is 3.36. The summed E-state index contributed by atoms with van der Waals surface area (Å²) in [5.41, 5.74) is 5.00. The summed E-state index contributed by atoms with van der Waals surface area (Å²) in [6, 6.07) is 19.8. The number of anilines is 2. The van der Waals surface area contributed by atoms with Crippen molar-refractivity contribution in [1.29, 1.82) is 5.26 Å². The molecule has 8 nitrogen and oxygen atoms in total. The van der Waals surface area contributed by atoms with Crippen LogP contribution in [0.2, 0.25) is 0 Å². The van der Waals surface area contributed by atoms with E-state index >= 15 is 0 Å². The van der Waals surface area contributed by atoms with Crippen LogP contribution >= 0.6 is 0 Å². The van der Waals surface area contributed by atoms with Crippen molar-refractivity contribution in [2.24, 2.45) is 0 Å². The number of nitriles is 1. The Morgan fingerprint density at radius 2 is 1.90 bits per heavy atom. The van der Waals surface area contributed by atoms with Crippen LogP contribution in [0.3, 0.4) is 0 Å². The molecule has 0 saturated heterocycles. The first-order valence-electron chi connectivity index (χ1n) is 9.47. The topological polar surface area (TPSA) is 112 Å². The molecule has 0 fully saturated rings. The van der Waals surface area contributed by atoms with Gasteiger partial charge in [-0.1, -0.05) is 18.2 Å². The molecule has 0 radical (unpaired) electrons. The Bertz CT molecular complexity index is 1320. The molecule has 0 aliphatic rings. The van der Waals surface area contributed by atoms with E-state index in [2.05, 4.69) is 21.3 Å². The standard InChI is InChI=1S/C23H18N6O2/c1-15-10-16(14-24)6-7-20(15)17-8-9-25-22(12-17)28(2)23-13-21(26-27-23)18-4-3-5-19(11-18)29(30)31/h3-13H,1-2H3,(H,26,27). The minimum Gasteiger partial charge on any atom is -0.313 e. The van der Waals surface area contributed by atoms with Crippen LogP contribution in [-0.2, 0) is 0 Å². The minimum atomic E-state index is -0.423. The smallest absolute Gasteiger partial charge is 0.270 e. The number of hydrogen-bond donors (Lipinski definition) is 1. The van der Waals surface area contributed by atoms with Gasteiger partial charge in [-0.05, 0) is 47.9 Å². The van der Waals surface area contributed by atoms with Crippen molar-refractivity contribution in [1.82, 2.24) is 15.2 Å². The van der Waals surface area contributed by atoms with Gasteiger partial charge in [0.2, 0.25) is 0 Å². The van der Waals surface area contributed by atoms with Gasteiger partial charge in [0.1, 0.15) is 5.82 Å². The number of aromatic amines is 1. The number of rotatable bonds is 5. The molecule has 8 heteroatoms. The lowest BCUT2D eigenvalue weighted by atomic mass is 9.99. The highest BCUT2D eigenvalue weighted by Crippen LogP contribution is 2.30. The Hall–Kier alpha value is -4.51. The van der Waals surface area contributed by atoms with E-state index in [1.165, 1.54) is 12.1 Å². The first kappa shape index (κ1) is 19.8. The van der Waals surface area contributed by atoms with E-state index in [1.54, 1.807) is 24.4 Å². The Morgan fingerprint density at radius 1 is 1.06 bits per heavy atom. The summed E-state index contributed by atoms with van der Waals surface area (Å²) in [5.74, 6) is 1.32. The third-order valence-corrected chi connectivity index (χ3v) is 5.03. The van der Waals surface area contributed by atoms with Gasteiger partial charge in [0.05, 0.1) is 22.2 Å². The molecule has 0 unspecified atom stereocenters. The molecular weight excluding hydrogens is 392 g/mol. The molecule has 2 heterocycles. The fraction of sp³-hybridized carbons (Fsp3) is 0.0870. The van der Waals surface area contributed by atoms with E-state index in [0.29, 0.717) is 28.5 Å². The third kappa shape index (κ3) is 3.97. The molecule has 0 aliphatic carbocycles. The first-order chi connectivity index (χ1) is 15.0. The summed E-state index contributed by atoms with van der Waals surface area (Å²) in [6.45, 7) is 1.97. The molecule has 2 aromatic carbocycles. The lowest BCUT2D eigenvalue weighted by Crippen LogP contribution is -2.11. The zero-order valence-corrected chi connectivity index (χ0v) is 16.9. The summed E-state index contributed by atoms with van der Waals surface area (Å²) in [7, 11) is 1.85. The van der Waals surface area contributed by atoms with Crippen molar-refractivity contribution in [3.8, 4) is 28.5 Å². The van der Waals surface area contributed by atoms with Crippen LogP contribution in [0.25, 0.3) is 22.4 Å². The normalized spacial score (nSPS) is 10.5. The third-order valence-electron chi connectivity index (χ3n) is 5.03. The summed E-state index contributed by atoms with van der Waals surface area (Å²) in [5, 5.41) is 27.4. The first-order valence-corrected chi connectivity index (χ1v) is 9.47. The van der Waals surface area contributed by atoms with Crippen molar-refractivity contribution in [3.05, 3.63) is 88.1 Å². The van der Waals surface area contributed by atoms with Crippen LogP contribution in [0.1, 0.15) is 11.1 Å². The monoisotopic (exact) mass is 410 g/mol. The van der Waals surface area contributed by atoms with Gasteiger partial charge in [0, 0.05) is 37.0 Å². The van der Waals surface area contributed by atoms with Gasteiger partial charge in [0.25, 0.3) is 5.69 Å². The van der Waals surface area contributed by atoms with E-state index in [0.717, 1.165) is 16.7 Å². The molecule has 0 aliphatic heterocycles. The SMILES string of the molecule is Cc1cc(C#N)ccc1-c1ccnc(N(C)c2cc(-c3cccc([N+](=O)[O-])c3)[nH]n2)c1. The molecule has 0 amide bonds. The number of non-ortho nitro benzene ring substituents is 1. The Labute approximate surface area is 178 Å². The van der Waals surface area contributed by atoms with Crippen molar-refractivity contribution in [2.45, 2.75) is 6.92 Å². The number of aryl methyl sites for hydroxylation is 1. The summed E-state index contributed by atoms with van der Waals surface area (Å²) in [4.78, 5) is 16.9. The summed E-state index contributed by atoms with van der Waals surface area (Å²) >= 11 is 0. The van der Waals surface area contributed by atoms with Gasteiger partial charge in [-0.2, -0.15) is 10.4 Å². The molecule has 0 saturated carbocycles. The number of H-pyrrole nitrogens is 1. The van der Waals surface area contributed by atoms with Crippen molar-refractivity contribution in [2.75, 3.05) is 11.9 Å². The second-order valence-corrected chi connectivity index (χ2v) is 7.05. The molecule has 4 rings (SSSR count). The highest BCUT2D eigenvalue weighted by molar-refractivity contribution is 5.73. The average molecular weight is 410 g/mol. The molecular formula is C23H18N6O2. The Morgan fingerprint density at radius 3 is 2.65 bits per heavy atom. The van der Waals surface area contributed by atoms with Crippen LogP contribution in [0.15, 0.2) is 66.9 Å². The molecule has 1 N–H and O–H groups in total. The fourth-order valence-electron chi connectivity index (χ4n) is 3.36. The van der Waals surface area contributed by atoms with Crippen LogP contribution in [0, 0.1) is 28.4 Å². The molecule has 4 aromatic rings. The second kappa shape index (κ2) is 8.08. The van der Waals surface area contributed by atoms with Crippen molar-refractivity contribution < 1.29 is 4.92 Å². The van der Waals surface area contributed by atoms with Gasteiger partial charge in [-0.25, -0.2) is 4.98 Å². The number of benzene rings is 2. The quantitative estimate of drug-likeness (QED) is 0.366. The van der Waals surface area contributed by atoms with Crippen LogP contribution in [0.5, 0.6) is 0 Å². The highest BCUT2D eigenvalue weighted by atomic mass is 16.6. The number of aromatic nitrogens is 3. The maximum Gasteiger partial charge on any atom is 0.270 e. The van der Waals surface area contributed by atoms with Crippen molar-refractivity contribution >= 4 is 17.3 Å². The van der Waals surface area contributed by atoms with E-state index in [4.69, 9.17) is 5.26 Å². The van der Waals surface area contributed by atoms with E-state index in [9.17, 15) is 10.1 Å². The zero-order valence-electron chi connectivity index (χ0n) is 16.9. The molecule has 0 bridgehead atoms. The largest absolute Gasteiger partial charge is 0.313 e. The van der Waals surface area contributed by atoms with Gasteiger partial charge in [-0.3, -0.25) is 15.2 Å². The summed E-state index contributed by atoms with van der Waals surface area (Å²) < 4.78 is 0. The van der Waals surface area contributed by atoms with Crippen LogP contribution in [-0.4, -0.2) is 27.2 Å². The molecule has 0 spiro atoms. The zero-order chi connectivity index (χ0) is 22.0. The summed E-state index contributed by atoms with van der Waals surface area (Å²) in [6.07, 6.45) is 1.73. The number of pyridine rings is 1. The van der Waals surface area contributed by atoms with E-state index in [-0.39, 0.29) is 5.69 Å². The Balaban J connectivity index is 1.64. The van der Waals surface area contributed by atoms with Crippen molar-refractivity contribution in [3.63, 3.8) is 0 Å². The molecule has 152 valence electrons. The lowest BCUT2D eigenvalue weighted by molar-refractivity contribution is -0.384. The number of hydrogen-bond acceptors (Lipinski definition) is 6. The van der Waals surface area contributed by atoms with E-state index in [1.807, 2.05) is 49.2 Å². The number of nitrogens with one attached hydrogen (secondary N) is 1. The minimum absolute atomic E-state index is 0.0224. The van der Waals surface area contributed by atoms with E-state index < -0.39 is 4.92 Å². The molecule has 2 aromatic heterocycles. The second-order valence-electron chi connectivity index (χ2n) is 7.05. The van der Waals surface area contributed by atoms with Crippen LogP contribution < -0.4 is 4.90 Å². The predicted octanol–water partition coefficient (Wildman–Crippen LogP) is 4.99. The Kier molecular flexibility index (Phi) is 5.16. The van der Waals surface area contributed by atoms with Gasteiger partial charge < -0.3 is 4.90 Å².